The summed E-state index contributed by atoms with van der Waals surface area (Å²) in [7, 11) is 0. The summed E-state index contributed by atoms with van der Waals surface area (Å²) >= 11 is 0. The minimum atomic E-state index is -0.610. The molecule has 0 amide bonds. The van der Waals surface area contributed by atoms with Crippen LogP contribution >= 0.6 is 0 Å². The van der Waals surface area contributed by atoms with Crippen molar-refractivity contribution >= 4 is 0 Å². The molecular formula is C11H20O. The minimum Gasteiger partial charge on any atom is -0.386 e. The molecule has 0 aromatic carbocycles. The first-order valence-corrected chi connectivity index (χ1v) is 4.73. The second-order valence-electron chi connectivity index (χ2n) is 5.16. The molecule has 1 fully saturated rings. The molecule has 0 radical (unpaired) electrons. The Kier molecular flexibility index (Phi) is 2.35. The number of hydrogen-bond donors (Lipinski definition) is 1. The van der Waals surface area contributed by atoms with Gasteiger partial charge >= 0.3 is 0 Å². The van der Waals surface area contributed by atoms with E-state index >= 15 is 0 Å². The van der Waals surface area contributed by atoms with Gasteiger partial charge in [-0.05, 0) is 30.6 Å². The van der Waals surface area contributed by atoms with Crippen LogP contribution in [0.5, 0.6) is 0 Å². The molecule has 1 aliphatic carbocycles. The van der Waals surface area contributed by atoms with Gasteiger partial charge in [-0.25, -0.2) is 0 Å². The van der Waals surface area contributed by atoms with Gasteiger partial charge < -0.3 is 5.11 Å². The van der Waals surface area contributed by atoms with E-state index in [1.165, 1.54) is 6.42 Å². The minimum absolute atomic E-state index is 0.264. The normalized spacial score (nSPS) is 40.8. The molecule has 70 valence electrons. The lowest BCUT2D eigenvalue weighted by molar-refractivity contribution is -0.0206. The zero-order valence-electron chi connectivity index (χ0n) is 8.43. The van der Waals surface area contributed by atoms with Crippen molar-refractivity contribution in [1.82, 2.24) is 0 Å². The van der Waals surface area contributed by atoms with Crippen molar-refractivity contribution in [1.29, 1.82) is 0 Å². The van der Waals surface area contributed by atoms with Gasteiger partial charge in [0.15, 0.2) is 0 Å². The van der Waals surface area contributed by atoms with Gasteiger partial charge in [-0.1, -0.05) is 26.8 Å². The molecule has 12 heavy (non-hydrogen) atoms. The molecule has 1 aliphatic rings. The Morgan fingerprint density at radius 2 is 2.00 bits per heavy atom. The largest absolute Gasteiger partial charge is 0.386 e. The van der Waals surface area contributed by atoms with Crippen molar-refractivity contribution in [2.75, 3.05) is 0 Å². The molecule has 0 saturated heterocycles. The molecule has 1 N–H and O–H groups in total. The van der Waals surface area contributed by atoms with E-state index in [0.717, 1.165) is 12.8 Å². The first-order chi connectivity index (χ1) is 5.37. The summed E-state index contributed by atoms with van der Waals surface area (Å²) in [6.07, 6.45) is 4.65. The Hall–Kier alpha value is -0.300. The lowest BCUT2D eigenvalue weighted by Crippen LogP contribution is -2.40. The van der Waals surface area contributed by atoms with E-state index in [1.807, 2.05) is 0 Å². The molecule has 1 nitrogen and oxygen atoms in total. The maximum Gasteiger partial charge on any atom is 0.0832 e. The first kappa shape index (κ1) is 9.79. The lowest BCUT2D eigenvalue weighted by Gasteiger charge is -2.43. The van der Waals surface area contributed by atoms with Crippen LogP contribution in [0.15, 0.2) is 12.7 Å². The van der Waals surface area contributed by atoms with Crippen molar-refractivity contribution in [3.63, 3.8) is 0 Å². The van der Waals surface area contributed by atoms with Gasteiger partial charge in [0.05, 0.1) is 5.60 Å². The highest BCUT2D eigenvalue weighted by atomic mass is 16.3. The third-order valence-corrected chi connectivity index (χ3v) is 2.77. The smallest absolute Gasteiger partial charge is 0.0832 e. The van der Waals surface area contributed by atoms with Crippen molar-refractivity contribution in [3.8, 4) is 0 Å². The fourth-order valence-electron chi connectivity index (χ4n) is 2.75. The van der Waals surface area contributed by atoms with Crippen LogP contribution in [0.4, 0.5) is 0 Å². The Bertz CT molecular complexity index is 183. The third-order valence-electron chi connectivity index (χ3n) is 2.77. The van der Waals surface area contributed by atoms with E-state index in [2.05, 4.69) is 27.4 Å². The van der Waals surface area contributed by atoms with Gasteiger partial charge in [-0.15, -0.1) is 6.58 Å². The Morgan fingerprint density at radius 1 is 1.42 bits per heavy atom. The van der Waals surface area contributed by atoms with E-state index in [1.54, 1.807) is 6.08 Å². The van der Waals surface area contributed by atoms with Crippen molar-refractivity contribution in [2.45, 2.75) is 45.6 Å². The SMILES string of the molecule is C=CC1(O)CC(C)CC(C)(C)C1. The predicted octanol–water partition coefficient (Wildman–Crippen LogP) is 2.75. The number of aliphatic hydroxyl groups is 1. The zero-order valence-corrected chi connectivity index (χ0v) is 8.43. The summed E-state index contributed by atoms with van der Waals surface area (Å²) in [5, 5.41) is 10.1. The van der Waals surface area contributed by atoms with Gasteiger partial charge in [0.1, 0.15) is 0 Å². The van der Waals surface area contributed by atoms with E-state index < -0.39 is 5.60 Å². The molecular weight excluding hydrogens is 148 g/mol. The van der Waals surface area contributed by atoms with Crippen molar-refractivity contribution in [2.24, 2.45) is 11.3 Å². The molecule has 0 aromatic rings. The number of rotatable bonds is 1. The summed E-state index contributed by atoms with van der Waals surface area (Å²) in [6.45, 7) is 10.3. The number of hydrogen-bond acceptors (Lipinski definition) is 1. The standard InChI is InChI=1S/C11H20O/c1-5-11(12)7-9(2)6-10(3,4)8-11/h5,9,12H,1,6-8H2,2-4H3. The fraction of sp³-hybridized carbons (Fsp3) is 0.818. The van der Waals surface area contributed by atoms with Gasteiger partial charge in [0.2, 0.25) is 0 Å². The fourth-order valence-corrected chi connectivity index (χ4v) is 2.75. The van der Waals surface area contributed by atoms with E-state index in [0.29, 0.717) is 5.92 Å². The second kappa shape index (κ2) is 2.88. The van der Waals surface area contributed by atoms with Crippen LogP contribution in [-0.4, -0.2) is 10.7 Å². The molecule has 1 rings (SSSR count). The van der Waals surface area contributed by atoms with Crippen molar-refractivity contribution < 1.29 is 5.11 Å². The van der Waals surface area contributed by atoms with E-state index in [9.17, 15) is 5.11 Å². The average molecular weight is 168 g/mol. The quantitative estimate of drug-likeness (QED) is 0.597. The van der Waals surface area contributed by atoms with E-state index in [-0.39, 0.29) is 5.41 Å². The predicted molar refractivity (Wildman–Crippen MR) is 51.9 cm³/mol. The summed E-state index contributed by atoms with van der Waals surface area (Å²) in [6, 6.07) is 0. The van der Waals surface area contributed by atoms with Crippen LogP contribution in [0.1, 0.15) is 40.0 Å². The van der Waals surface area contributed by atoms with Crippen LogP contribution in [0, 0.1) is 11.3 Å². The third kappa shape index (κ3) is 2.10. The molecule has 1 saturated carbocycles. The Morgan fingerprint density at radius 3 is 2.42 bits per heavy atom. The molecule has 2 atom stereocenters. The van der Waals surface area contributed by atoms with Crippen LogP contribution < -0.4 is 0 Å². The van der Waals surface area contributed by atoms with Gasteiger partial charge in [-0.3, -0.25) is 0 Å². The Balaban J connectivity index is 2.76. The highest BCUT2D eigenvalue weighted by Crippen LogP contribution is 2.44. The molecule has 0 bridgehead atoms. The van der Waals surface area contributed by atoms with Crippen LogP contribution in [-0.2, 0) is 0 Å². The van der Waals surface area contributed by atoms with Gasteiger partial charge in [0.25, 0.3) is 0 Å². The van der Waals surface area contributed by atoms with Gasteiger partial charge in [0, 0.05) is 0 Å². The molecule has 1 heteroatoms. The van der Waals surface area contributed by atoms with Crippen LogP contribution in [0.25, 0.3) is 0 Å². The van der Waals surface area contributed by atoms with Crippen LogP contribution in [0.2, 0.25) is 0 Å². The summed E-state index contributed by atoms with van der Waals surface area (Å²) in [4.78, 5) is 0. The Labute approximate surface area is 75.5 Å². The van der Waals surface area contributed by atoms with Crippen LogP contribution in [0.3, 0.4) is 0 Å². The first-order valence-electron chi connectivity index (χ1n) is 4.73. The highest BCUT2D eigenvalue weighted by molar-refractivity contribution is 5.03. The molecule has 0 spiro atoms. The topological polar surface area (TPSA) is 20.2 Å². The summed E-state index contributed by atoms with van der Waals surface area (Å²) in [5.41, 5.74) is -0.345. The molecule has 0 aliphatic heterocycles. The second-order valence-corrected chi connectivity index (χ2v) is 5.16. The summed E-state index contributed by atoms with van der Waals surface area (Å²) in [5.74, 6) is 0.608. The lowest BCUT2D eigenvalue weighted by atomic mass is 9.66. The van der Waals surface area contributed by atoms with Gasteiger partial charge in [-0.2, -0.15) is 0 Å². The molecule has 2 unspecified atom stereocenters. The average Bonchev–Trinajstić information content (AvgIpc) is 1.82. The molecule has 0 heterocycles. The zero-order chi connectivity index (χ0) is 9.41. The van der Waals surface area contributed by atoms with Crippen molar-refractivity contribution in [3.05, 3.63) is 12.7 Å². The molecule has 0 aromatic heterocycles. The summed E-state index contributed by atoms with van der Waals surface area (Å²) < 4.78 is 0. The monoisotopic (exact) mass is 168 g/mol. The maximum atomic E-state index is 10.1. The van der Waals surface area contributed by atoms with E-state index in [4.69, 9.17) is 0 Å². The maximum absolute atomic E-state index is 10.1. The highest BCUT2D eigenvalue weighted by Gasteiger charge is 2.39.